The molecule has 0 aliphatic rings. The van der Waals surface area contributed by atoms with E-state index < -0.39 is 21.7 Å². The van der Waals surface area contributed by atoms with E-state index in [1.807, 2.05) is 0 Å². The maximum absolute atomic E-state index is 9.63. The summed E-state index contributed by atoms with van der Waals surface area (Å²) in [6.07, 6.45) is -0.954. The number of hydrogen-bond acceptors (Lipinski definition) is 6. The van der Waals surface area contributed by atoms with Crippen LogP contribution in [0.25, 0.3) is 0 Å². The summed E-state index contributed by atoms with van der Waals surface area (Å²) in [6.45, 7) is -0.729. The molecule has 0 saturated carbocycles. The Balaban J connectivity index is 0. The summed E-state index contributed by atoms with van der Waals surface area (Å²) in [5, 5.41) is 24.0. The SMILES string of the molecule is O=P(O)(O)OP(=O)(O)O.OCC(O)CO. The summed E-state index contributed by atoms with van der Waals surface area (Å²) in [4.78, 5) is 31.0. The van der Waals surface area contributed by atoms with E-state index in [-0.39, 0.29) is 13.2 Å². The number of aliphatic hydroxyl groups excluding tert-OH is 3. The first-order valence-electron chi connectivity index (χ1n) is 3.24. The second-order valence-electron chi connectivity index (χ2n) is 2.08. The molecule has 0 unspecified atom stereocenters. The second kappa shape index (κ2) is 7.42. The van der Waals surface area contributed by atoms with Gasteiger partial charge in [0.05, 0.1) is 13.2 Å². The fraction of sp³-hybridized carbons (Fsp3) is 1.00. The average Bonchev–Trinajstić information content (AvgIpc) is 1.97. The van der Waals surface area contributed by atoms with Gasteiger partial charge in [-0.1, -0.05) is 0 Å². The van der Waals surface area contributed by atoms with Crippen LogP contribution in [0.2, 0.25) is 0 Å². The fourth-order valence-electron chi connectivity index (χ4n) is 0.196. The van der Waals surface area contributed by atoms with E-state index in [0.717, 1.165) is 0 Å². The summed E-state index contributed by atoms with van der Waals surface area (Å²) in [6, 6.07) is 0. The fourth-order valence-corrected chi connectivity index (χ4v) is 1.30. The Morgan fingerprint density at radius 1 is 0.933 bits per heavy atom. The first-order chi connectivity index (χ1) is 6.52. The molecule has 15 heavy (non-hydrogen) atoms. The molecular formula is C3H12O10P2. The third kappa shape index (κ3) is 20.3. The summed E-state index contributed by atoms with van der Waals surface area (Å²) in [5.74, 6) is 0. The van der Waals surface area contributed by atoms with Gasteiger partial charge in [-0.05, 0) is 0 Å². The highest BCUT2D eigenvalue weighted by Crippen LogP contribution is 2.53. The number of hydrogen-bond donors (Lipinski definition) is 7. The van der Waals surface area contributed by atoms with Crippen molar-refractivity contribution in [3.63, 3.8) is 0 Å². The van der Waals surface area contributed by atoms with Crippen LogP contribution in [0, 0.1) is 0 Å². The van der Waals surface area contributed by atoms with Crippen molar-refractivity contribution in [3.8, 4) is 0 Å². The highest BCUT2D eigenvalue weighted by atomic mass is 31.3. The van der Waals surface area contributed by atoms with Crippen LogP contribution >= 0.6 is 15.6 Å². The van der Waals surface area contributed by atoms with Crippen LogP contribution in [0.1, 0.15) is 0 Å². The molecule has 0 spiro atoms. The van der Waals surface area contributed by atoms with Gasteiger partial charge in [0.25, 0.3) is 0 Å². The van der Waals surface area contributed by atoms with Crippen LogP contribution in [0.15, 0.2) is 0 Å². The van der Waals surface area contributed by atoms with E-state index in [1.54, 1.807) is 0 Å². The molecule has 7 N–H and O–H groups in total. The van der Waals surface area contributed by atoms with E-state index in [2.05, 4.69) is 4.31 Å². The van der Waals surface area contributed by atoms with Gasteiger partial charge >= 0.3 is 15.6 Å². The predicted octanol–water partition coefficient (Wildman–Crippen LogP) is -2.48. The van der Waals surface area contributed by atoms with Gasteiger partial charge in [0.2, 0.25) is 0 Å². The lowest BCUT2D eigenvalue weighted by atomic mass is 10.4. The maximum atomic E-state index is 9.63. The summed E-state index contributed by atoms with van der Waals surface area (Å²) >= 11 is 0. The van der Waals surface area contributed by atoms with Crippen LogP contribution in [-0.2, 0) is 13.4 Å². The molecule has 0 fully saturated rings. The van der Waals surface area contributed by atoms with Crippen LogP contribution < -0.4 is 0 Å². The van der Waals surface area contributed by atoms with E-state index in [0.29, 0.717) is 0 Å². The Kier molecular flexibility index (Phi) is 8.67. The van der Waals surface area contributed by atoms with Crippen molar-refractivity contribution >= 4 is 15.6 Å². The number of phosphoric acid groups is 2. The molecule has 0 rings (SSSR count). The van der Waals surface area contributed by atoms with Gasteiger partial charge in [0.15, 0.2) is 0 Å². The smallest absolute Gasteiger partial charge is 0.394 e. The number of aliphatic hydroxyl groups is 3. The Morgan fingerprint density at radius 2 is 1.20 bits per heavy atom. The zero-order chi connectivity index (χ0) is 12.7. The number of rotatable bonds is 4. The molecule has 0 aromatic carbocycles. The summed E-state index contributed by atoms with van der Waals surface area (Å²) in [5.41, 5.74) is 0. The monoisotopic (exact) mass is 270 g/mol. The molecule has 0 saturated heterocycles. The van der Waals surface area contributed by atoms with Gasteiger partial charge in [0, 0.05) is 0 Å². The molecule has 0 bridgehead atoms. The lowest BCUT2D eigenvalue weighted by molar-refractivity contribution is 0.0450. The second-order valence-corrected chi connectivity index (χ2v) is 4.70. The predicted molar refractivity (Wildman–Crippen MR) is 45.4 cm³/mol. The standard InChI is InChI=1S/C3H8O3.H4O7P2/c4-1-3(6)2-5;1-8(2,3)7-9(4,5)6/h3-6H,1-2H2;(H2,1,2,3)(H2,4,5,6). The van der Waals surface area contributed by atoms with E-state index in [4.69, 9.17) is 34.9 Å². The first-order valence-corrected chi connectivity index (χ1v) is 6.30. The van der Waals surface area contributed by atoms with Gasteiger partial charge in [-0.2, -0.15) is 4.31 Å². The Labute approximate surface area is 84.2 Å². The quantitative estimate of drug-likeness (QED) is 0.270. The zero-order valence-corrected chi connectivity index (χ0v) is 9.03. The zero-order valence-electron chi connectivity index (χ0n) is 7.24. The van der Waals surface area contributed by atoms with Gasteiger partial charge < -0.3 is 34.9 Å². The minimum Gasteiger partial charge on any atom is -0.394 e. The molecule has 10 nitrogen and oxygen atoms in total. The van der Waals surface area contributed by atoms with Crippen molar-refractivity contribution in [3.05, 3.63) is 0 Å². The van der Waals surface area contributed by atoms with Gasteiger partial charge in [-0.25, -0.2) is 9.13 Å². The van der Waals surface area contributed by atoms with E-state index in [9.17, 15) is 9.13 Å². The maximum Gasteiger partial charge on any atom is 0.478 e. The minimum absolute atomic E-state index is 0.365. The molecule has 94 valence electrons. The van der Waals surface area contributed by atoms with Gasteiger partial charge in [-0.3, -0.25) is 0 Å². The molecular weight excluding hydrogens is 258 g/mol. The minimum atomic E-state index is -5.05. The lowest BCUT2D eigenvalue weighted by Crippen LogP contribution is -2.15. The van der Waals surface area contributed by atoms with Crippen LogP contribution in [0.5, 0.6) is 0 Å². The Bertz CT molecular complexity index is 215. The van der Waals surface area contributed by atoms with E-state index >= 15 is 0 Å². The summed E-state index contributed by atoms with van der Waals surface area (Å²) < 4.78 is 22.2. The lowest BCUT2D eigenvalue weighted by Gasteiger charge is -2.03. The third-order valence-corrected chi connectivity index (χ3v) is 2.34. The molecule has 0 radical (unpaired) electrons. The average molecular weight is 270 g/mol. The van der Waals surface area contributed by atoms with Crippen LogP contribution in [0.4, 0.5) is 0 Å². The largest absolute Gasteiger partial charge is 0.478 e. The Hall–Kier alpha value is 0.140. The van der Waals surface area contributed by atoms with Crippen molar-refractivity contribution in [2.45, 2.75) is 6.10 Å². The van der Waals surface area contributed by atoms with Crippen LogP contribution in [-0.4, -0.2) is 54.2 Å². The van der Waals surface area contributed by atoms with E-state index in [1.165, 1.54) is 0 Å². The highest BCUT2D eigenvalue weighted by molar-refractivity contribution is 7.60. The van der Waals surface area contributed by atoms with Gasteiger partial charge in [-0.15, -0.1) is 0 Å². The van der Waals surface area contributed by atoms with Crippen molar-refractivity contribution in [1.29, 1.82) is 0 Å². The molecule has 0 aromatic heterocycles. The third-order valence-electron chi connectivity index (χ3n) is 0.634. The van der Waals surface area contributed by atoms with Crippen LogP contribution in [0.3, 0.4) is 0 Å². The molecule has 0 heterocycles. The topological polar surface area (TPSA) is 185 Å². The highest BCUT2D eigenvalue weighted by Gasteiger charge is 2.27. The summed E-state index contributed by atoms with van der Waals surface area (Å²) in [7, 11) is -10.1. The van der Waals surface area contributed by atoms with Crippen molar-refractivity contribution in [2.24, 2.45) is 0 Å². The van der Waals surface area contributed by atoms with Crippen molar-refractivity contribution in [1.82, 2.24) is 0 Å². The van der Waals surface area contributed by atoms with Crippen molar-refractivity contribution < 1.29 is 48.3 Å². The molecule has 0 amide bonds. The molecule has 0 atom stereocenters. The molecule has 12 heteroatoms. The molecule has 0 aliphatic heterocycles. The normalized spacial score (nSPS) is 12.3. The first kappa shape index (κ1) is 17.5. The van der Waals surface area contributed by atoms with Gasteiger partial charge in [0.1, 0.15) is 6.10 Å². The van der Waals surface area contributed by atoms with Crippen molar-refractivity contribution in [2.75, 3.05) is 13.2 Å². The molecule has 0 aromatic rings. The Morgan fingerprint density at radius 3 is 1.20 bits per heavy atom. The molecule has 0 aliphatic carbocycles.